The first-order valence-electron chi connectivity index (χ1n) is 8.09. The molecule has 0 spiro atoms. The molecule has 5 nitrogen and oxygen atoms in total. The van der Waals surface area contributed by atoms with Crippen molar-refractivity contribution in [1.82, 2.24) is 0 Å². The summed E-state index contributed by atoms with van der Waals surface area (Å²) in [5.41, 5.74) is 2.25. The fourth-order valence-corrected chi connectivity index (χ4v) is 2.92. The SMILES string of the molecule is C=CCOc1c(Br)cc(/C=C(/C#N)C(=O)Nc2cccc(C)c2)cc1OC. The normalized spacial score (nSPS) is 10.7. The number of carbonyl (C=O) groups excluding carboxylic acids is 1. The molecule has 0 aliphatic carbocycles. The van der Waals surface area contributed by atoms with Gasteiger partial charge in [0.1, 0.15) is 18.2 Å². The number of nitriles is 1. The average molecular weight is 427 g/mol. The summed E-state index contributed by atoms with van der Waals surface area (Å²) in [6, 6.07) is 12.7. The van der Waals surface area contributed by atoms with Crippen LogP contribution in [0.4, 0.5) is 5.69 Å². The summed E-state index contributed by atoms with van der Waals surface area (Å²) in [4.78, 5) is 12.4. The lowest BCUT2D eigenvalue weighted by Gasteiger charge is -2.12. The molecule has 0 aliphatic heterocycles. The van der Waals surface area contributed by atoms with E-state index in [1.807, 2.05) is 31.2 Å². The molecule has 2 aromatic carbocycles. The molecule has 138 valence electrons. The number of hydrogen-bond donors (Lipinski definition) is 1. The number of hydrogen-bond acceptors (Lipinski definition) is 4. The van der Waals surface area contributed by atoms with Crippen molar-refractivity contribution in [3.8, 4) is 17.6 Å². The Balaban J connectivity index is 2.31. The Morgan fingerprint density at radius 2 is 2.15 bits per heavy atom. The van der Waals surface area contributed by atoms with Crippen LogP contribution in [0.3, 0.4) is 0 Å². The lowest BCUT2D eigenvalue weighted by Crippen LogP contribution is -2.13. The number of ether oxygens (including phenoxy) is 2. The van der Waals surface area contributed by atoms with Gasteiger partial charge in [0.05, 0.1) is 11.6 Å². The number of anilines is 1. The number of rotatable bonds is 7. The third-order valence-corrected chi connectivity index (χ3v) is 4.14. The molecule has 2 rings (SSSR count). The Labute approximate surface area is 167 Å². The zero-order chi connectivity index (χ0) is 19.8. The lowest BCUT2D eigenvalue weighted by atomic mass is 10.1. The minimum Gasteiger partial charge on any atom is -0.493 e. The number of halogens is 1. The summed E-state index contributed by atoms with van der Waals surface area (Å²) in [6.07, 6.45) is 3.12. The second kappa shape index (κ2) is 9.60. The summed E-state index contributed by atoms with van der Waals surface area (Å²) in [5, 5.41) is 12.1. The summed E-state index contributed by atoms with van der Waals surface area (Å²) in [5.74, 6) is 0.524. The zero-order valence-electron chi connectivity index (χ0n) is 15.1. The Hall–Kier alpha value is -3.04. The number of aryl methyl sites for hydroxylation is 1. The van der Waals surface area contributed by atoms with E-state index in [9.17, 15) is 10.1 Å². The summed E-state index contributed by atoms with van der Waals surface area (Å²) < 4.78 is 11.6. The van der Waals surface area contributed by atoms with Crippen molar-refractivity contribution in [2.45, 2.75) is 6.92 Å². The maximum atomic E-state index is 12.4. The van der Waals surface area contributed by atoms with Gasteiger partial charge in [0.25, 0.3) is 5.91 Å². The molecule has 0 radical (unpaired) electrons. The van der Waals surface area contributed by atoms with Gasteiger partial charge < -0.3 is 14.8 Å². The predicted octanol–water partition coefficient (Wildman–Crippen LogP) is 4.88. The maximum absolute atomic E-state index is 12.4. The highest BCUT2D eigenvalue weighted by molar-refractivity contribution is 9.10. The van der Waals surface area contributed by atoms with Crippen molar-refractivity contribution in [3.05, 3.63) is 70.2 Å². The van der Waals surface area contributed by atoms with E-state index < -0.39 is 5.91 Å². The molecule has 0 fully saturated rings. The van der Waals surface area contributed by atoms with Gasteiger partial charge in [-0.3, -0.25) is 4.79 Å². The molecule has 0 saturated heterocycles. The van der Waals surface area contributed by atoms with Crippen molar-refractivity contribution in [2.24, 2.45) is 0 Å². The van der Waals surface area contributed by atoms with Crippen LogP contribution >= 0.6 is 15.9 Å². The van der Waals surface area contributed by atoms with E-state index in [1.54, 1.807) is 24.3 Å². The van der Waals surface area contributed by atoms with Crippen molar-refractivity contribution in [3.63, 3.8) is 0 Å². The first-order valence-corrected chi connectivity index (χ1v) is 8.88. The highest BCUT2D eigenvalue weighted by Crippen LogP contribution is 2.37. The number of carbonyl (C=O) groups is 1. The second-order valence-corrected chi connectivity index (χ2v) is 6.48. The van der Waals surface area contributed by atoms with Crippen molar-refractivity contribution >= 4 is 33.6 Å². The molecule has 6 heteroatoms. The van der Waals surface area contributed by atoms with Gasteiger partial charge >= 0.3 is 0 Å². The van der Waals surface area contributed by atoms with Gasteiger partial charge in [0.2, 0.25) is 0 Å². The van der Waals surface area contributed by atoms with Gasteiger partial charge in [-0.1, -0.05) is 24.8 Å². The standard InChI is InChI=1S/C21H19BrN2O3/c1-4-8-27-20-18(22)11-15(12-19(20)26-3)10-16(13-23)21(25)24-17-7-5-6-14(2)9-17/h4-7,9-12H,1,8H2,2-3H3,(H,24,25)/b16-10-. The minimum atomic E-state index is -0.481. The van der Waals surface area contributed by atoms with Crippen molar-refractivity contribution in [1.29, 1.82) is 5.26 Å². The second-order valence-electron chi connectivity index (χ2n) is 5.63. The molecule has 0 unspecified atom stereocenters. The number of nitrogens with one attached hydrogen (secondary N) is 1. The van der Waals surface area contributed by atoms with Gasteiger partial charge in [-0.2, -0.15) is 5.26 Å². The highest BCUT2D eigenvalue weighted by atomic mass is 79.9. The maximum Gasteiger partial charge on any atom is 0.266 e. The van der Waals surface area contributed by atoms with Gasteiger partial charge in [-0.05, 0) is 64.3 Å². The number of benzene rings is 2. The molecule has 1 N–H and O–H groups in total. The Morgan fingerprint density at radius 1 is 1.37 bits per heavy atom. The molecule has 0 heterocycles. The number of amides is 1. The molecular weight excluding hydrogens is 408 g/mol. The van der Waals surface area contributed by atoms with Crippen LogP contribution < -0.4 is 14.8 Å². The van der Waals surface area contributed by atoms with Gasteiger partial charge in [-0.25, -0.2) is 0 Å². The van der Waals surface area contributed by atoms with E-state index in [2.05, 4.69) is 27.8 Å². The molecule has 27 heavy (non-hydrogen) atoms. The van der Waals surface area contributed by atoms with Crippen LogP contribution in [-0.4, -0.2) is 19.6 Å². The number of methoxy groups -OCH3 is 1. The molecule has 0 aromatic heterocycles. The first kappa shape index (κ1) is 20.3. The molecule has 0 saturated carbocycles. The predicted molar refractivity (Wildman–Crippen MR) is 110 cm³/mol. The fourth-order valence-electron chi connectivity index (χ4n) is 2.34. The van der Waals surface area contributed by atoms with Crippen molar-refractivity contribution in [2.75, 3.05) is 19.0 Å². The molecule has 1 amide bonds. The van der Waals surface area contributed by atoms with E-state index in [0.717, 1.165) is 5.56 Å². The van der Waals surface area contributed by atoms with Gasteiger partial charge in [0.15, 0.2) is 11.5 Å². The summed E-state index contributed by atoms with van der Waals surface area (Å²) >= 11 is 3.43. The fraction of sp³-hybridized carbons (Fsp3) is 0.143. The Morgan fingerprint density at radius 3 is 2.78 bits per heavy atom. The third-order valence-electron chi connectivity index (χ3n) is 3.55. The minimum absolute atomic E-state index is 0.0229. The largest absolute Gasteiger partial charge is 0.493 e. The molecular formula is C21H19BrN2O3. The van der Waals surface area contributed by atoms with Gasteiger partial charge in [-0.15, -0.1) is 0 Å². The van der Waals surface area contributed by atoms with Crippen LogP contribution in [0.1, 0.15) is 11.1 Å². The molecule has 0 aliphatic rings. The zero-order valence-corrected chi connectivity index (χ0v) is 16.7. The van der Waals surface area contributed by atoms with E-state index in [4.69, 9.17) is 9.47 Å². The lowest BCUT2D eigenvalue weighted by molar-refractivity contribution is -0.112. The van der Waals surface area contributed by atoms with Crippen LogP contribution in [0.25, 0.3) is 6.08 Å². The summed E-state index contributed by atoms with van der Waals surface area (Å²) in [7, 11) is 1.52. The van der Waals surface area contributed by atoms with Crippen LogP contribution in [0.15, 0.2) is 59.1 Å². The molecule has 0 bridgehead atoms. The monoisotopic (exact) mass is 426 g/mol. The van der Waals surface area contributed by atoms with E-state index >= 15 is 0 Å². The smallest absolute Gasteiger partial charge is 0.266 e. The quantitative estimate of drug-likeness (QED) is 0.389. The van der Waals surface area contributed by atoms with E-state index in [-0.39, 0.29) is 5.57 Å². The average Bonchev–Trinajstić information content (AvgIpc) is 2.64. The third kappa shape index (κ3) is 5.47. The van der Waals surface area contributed by atoms with Crippen LogP contribution in [-0.2, 0) is 4.79 Å². The summed E-state index contributed by atoms with van der Waals surface area (Å²) in [6.45, 7) is 5.87. The molecule has 0 atom stereocenters. The first-order chi connectivity index (χ1) is 13.0. The highest BCUT2D eigenvalue weighted by Gasteiger charge is 2.14. The van der Waals surface area contributed by atoms with Gasteiger partial charge in [0, 0.05) is 5.69 Å². The number of nitrogens with zero attached hydrogens (tertiary/aromatic N) is 1. The van der Waals surface area contributed by atoms with Crippen molar-refractivity contribution < 1.29 is 14.3 Å². The Bertz CT molecular complexity index is 930. The topological polar surface area (TPSA) is 71.3 Å². The van der Waals surface area contributed by atoms with Crippen LogP contribution in [0, 0.1) is 18.3 Å². The Kier molecular flexibility index (Phi) is 7.21. The van der Waals surface area contributed by atoms with Crippen LogP contribution in [0.5, 0.6) is 11.5 Å². The van der Waals surface area contributed by atoms with E-state index in [1.165, 1.54) is 13.2 Å². The van der Waals surface area contributed by atoms with E-state index in [0.29, 0.717) is 33.8 Å². The van der Waals surface area contributed by atoms with Crippen LogP contribution in [0.2, 0.25) is 0 Å². The molecule has 2 aromatic rings.